The van der Waals surface area contributed by atoms with E-state index in [4.69, 9.17) is 4.74 Å². The third-order valence-electron chi connectivity index (χ3n) is 5.00. The number of pyridine rings is 1. The van der Waals surface area contributed by atoms with Crippen LogP contribution < -0.4 is 16.1 Å². The van der Waals surface area contributed by atoms with E-state index in [0.717, 1.165) is 23.4 Å². The van der Waals surface area contributed by atoms with E-state index in [9.17, 15) is 19.2 Å². The fourth-order valence-corrected chi connectivity index (χ4v) is 3.29. The summed E-state index contributed by atoms with van der Waals surface area (Å²) in [6.07, 6.45) is 3.59. The monoisotopic (exact) mass is 415 g/mol. The largest absolute Gasteiger partial charge is 0.462 e. The van der Waals surface area contributed by atoms with Gasteiger partial charge < -0.3 is 14.5 Å². The van der Waals surface area contributed by atoms with E-state index in [2.05, 4.69) is 9.88 Å². The summed E-state index contributed by atoms with van der Waals surface area (Å²) in [6.45, 7) is 4.30. The van der Waals surface area contributed by atoms with Crippen molar-refractivity contribution in [2.24, 2.45) is 7.05 Å². The molecule has 0 bridgehead atoms. The van der Waals surface area contributed by atoms with Gasteiger partial charge in [0, 0.05) is 51.7 Å². The topological polar surface area (TPSA) is 107 Å². The molecule has 0 saturated carbocycles. The highest BCUT2D eigenvalue weighted by atomic mass is 16.5. The quantitative estimate of drug-likeness (QED) is 0.626. The zero-order valence-electron chi connectivity index (χ0n) is 17.1. The maximum Gasteiger partial charge on any atom is 0.339 e. The molecule has 3 rings (SSSR count). The summed E-state index contributed by atoms with van der Waals surface area (Å²) in [7, 11) is 1.38. The normalized spacial score (nSPS) is 14.3. The summed E-state index contributed by atoms with van der Waals surface area (Å²) in [5.74, 6) is 0.146. The van der Waals surface area contributed by atoms with Gasteiger partial charge in [0.15, 0.2) is 0 Å². The molecule has 1 aliphatic heterocycles. The van der Waals surface area contributed by atoms with E-state index in [1.165, 1.54) is 30.1 Å². The lowest BCUT2D eigenvalue weighted by atomic mass is 10.2. The fourth-order valence-electron chi connectivity index (χ4n) is 3.29. The van der Waals surface area contributed by atoms with Crippen molar-refractivity contribution in [3.63, 3.8) is 0 Å². The van der Waals surface area contributed by atoms with Gasteiger partial charge >= 0.3 is 11.7 Å². The maximum absolute atomic E-state index is 12.7. The molecule has 1 saturated heterocycles. The molecule has 160 valence electrons. The zero-order valence-corrected chi connectivity index (χ0v) is 17.1. The molecular formula is C20H25N5O5. The molecule has 2 aromatic rings. The van der Waals surface area contributed by atoms with Gasteiger partial charge in [0.1, 0.15) is 12.4 Å². The summed E-state index contributed by atoms with van der Waals surface area (Å²) in [5.41, 5.74) is -0.524. The number of hydrogen-bond donors (Lipinski definition) is 0. The van der Waals surface area contributed by atoms with Crippen LogP contribution >= 0.6 is 0 Å². The van der Waals surface area contributed by atoms with Gasteiger partial charge in [-0.3, -0.25) is 18.7 Å². The van der Waals surface area contributed by atoms with Crippen molar-refractivity contribution >= 4 is 17.7 Å². The SMILES string of the molecule is CCOC(=O)c1ccc(N2CCCN(C(=O)Cn3ccc(=O)n(C)c3=O)CC2)nc1. The number of ether oxygens (including phenoxy) is 1. The Labute approximate surface area is 173 Å². The fraction of sp³-hybridized carbons (Fsp3) is 0.450. The van der Waals surface area contributed by atoms with E-state index in [1.807, 2.05) is 0 Å². The number of hydrogen-bond acceptors (Lipinski definition) is 7. The molecule has 1 amide bonds. The molecule has 0 radical (unpaired) electrons. The molecule has 10 heteroatoms. The number of rotatable bonds is 5. The molecule has 10 nitrogen and oxygen atoms in total. The Morgan fingerprint density at radius 3 is 2.60 bits per heavy atom. The number of carbonyl (C=O) groups is 2. The molecule has 0 N–H and O–H groups in total. The van der Waals surface area contributed by atoms with Gasteiger partial charge in [-0.05, 0) is 25.5 Å². The number of esters is 1. The molecule has 2 aromatic heterocycles. The van der Waals surface area contributed by atoms with Crippen molar-refractivity contribution in [2.75, 3.05) is 37.7 Å². The Morgan fingerprint density at radius 1 is 1.10 bits per heavy atom. The average Bonchev–Trinajstić information content (AvgIpc) is 3.01. The van der Waals surface area contributed by atoms with Gasteiger partial charge in [-0.1, -0.05) is 0 Å². The van der Waals surface area contributed by atoms with E-state index in [1.54, 1.807) is 24.0 Å². The van der Waals surface area contributed by atoms with E-state index < -0.39 is 17.2 Å². The molecule has 1 fully saturated rings. The Kier molecular flexibility index (Phi) is 6.65. The first kappa shape index (κ1) is 21.3. The maximum atomic E-state index is 12.7. The predicted molar refractivity (Wildman–Crippen MR) is 110 cm³/mol. The smallest absolute Gasteiger partial charge is 0.339 e. The van der Waals surface area contributed by atoms with Crippen molar-refractivity contribution in [3.05, 3.63) is 57.0 Å². The Balaban J connectivity index is 1.63. The van der Waals surface area contributed by atoms with Crippen LogP contribution in [0.1, 0.15) is 23.7 Å². The first-order valence-corrected chi connectivity index (χ1v) is 9.83. The third kappa shape index (κ3) is 4.76. The first-order valence-electron chi connectivity index (χ1n) is 9.83. The summed E-state index contributed by atoms with van der Waals surface area (Å²) < 4.78 is 7.18. The second-order valence-corrected chi connectivity index (χ2v) is 6.97. The van der Waals surface area contributed by atoms with Gasteiger partial charge in [-0.2, -0.15) is 0 Å². The highest BCUT2D eigenvalue weighted by molar-refractivity contribution is 5.89. The van der Waals surface area contributed by atoms with Crippen LogP contribution in [0.15, 0.2) is 40.2 Å². The second kappa shape index (κ2) is 9.38. The Morgan fingerprint density at radius 2 is 1.90 bits per heavy atom. The lowest BCUT2D eigenvalue weighted by Gasteiger charge is -2.23. The van der Waals surface area contributed by atoms with Crippen LogP contribution in [0.5, 0.6) is 0 Å². The van der Waals surface area contributed by atoms with Crippen LogP contribution in [0.4, 0.5) is 5.82 Å². The van der Waals surface area contributed by atoms with E-state index >= 15 is 0 Å². The molecule has 0 spiro atoms. The molecule has 0 aliphatic carbocycles. The van der Waals surface area contributed by atoms with Crippen LogP contribution in [0.3, 0.4) is 0 Å². The zero-order chi connectivity index (χ0) is 21.7. The van der Waals surface area contributed by atoms with Crippen LogP contribution in [0.2, 0.25) is 0 Å². The molecule has 1 aliphatic rings. The van der Waals surface area contributed by atoms with Crippen molar-refractivity contribution < 1.29 is 14.3 Å². The Hall–Kier alpha value is -3.43. The lowest BCUT2D eigenvalue weighted by Crippen LogP contribution is -2.42. The third-order valence-corrected chi connectivity index (χ3v) is 5.00. The van der Waals surface area contributed by atoms with Gasteiger partial charge in [-0.15, -0.1) is 0 Å². The summed E-state index contributed by atoms with van der Waals surface area (Å²) in [5, 5.41) is 0. The lowest BCUT2D eigenvalue weighted by molar-refractivity contribution is -0.131. The van der Waals surface area contributed by atoms with Gasteiger partial charge in [0.2, 0.25) is 5.91 Å². The van der Waals surface area contributed by atoms with Crippen molar-refractivity contribution in [1.29, 1.82) is 0 Å². The minimum atomic E-state index is -0.516. The van der Waals surface area contributed by atoms with E-state index in [0.29, 0.717) is 31.8 Å². The van der Waals surface area contributed by atoms with Crippen molar-refractivity contribution in [3.8, 4) is 0 Å². The number of amides is 1. The first-order chi connectivity index (χ1) is 14.4. The molecular weight excluding hydrogens is 390 g/mol. The predicted octanol–water partition coefficient (Wildman–Crippen LogP) is -0.142. The van der Waals surface area contributed by atoms with Crippen LogP contribution in [0, 0.1) is 0 Å². The second-order valence-electron chi connectivity index (χ2n) is 6.97. The van der Waals surface area contributed by atoms with Crippen LogP contribution in [-0.4, -0.2) is 63.7 Å². The minimum absolute atomic E-state index is 0.112. The average molecular weight is 415 g/mol. The van der Waals surface area contributed by atoms with Gasteiger partial charge in [-0.25, -0.2) is 14.6 Å². The van der Waals surface area contributed by atoms with Gasteiger partial charge in [0.05, 0.1) is 12.2 Å². The number of anilines is 1. The molecule has 30 heavy (non-hydrogen) atoms. The van der Waals surface area contributed by atoms with Gasteiger partial charge in [0.25, 0.3) is 5.56 Å². The number of nitrogens with zero attached hydrogens (tertiary/aromatic N) is 5. The highest BCUT2D eigenvalue weighted by Gasteiger charge is 2.21. The number of aromatic nitrogens is 3. The summed E-state index contributed by atoms with van der Waals surface area (Å²) in [4.78, 5) is 56.2. The minimum Gasteiger partial charge on any atom is -0.462 e. The summed E-state index contributed by atoms with van der Waals surface area (Å²) >= 11 is 0. The summed E-state index contributed by atoms with van der Waals surface area (Å²) in [6, 6.07) is 4.72. The number of carbonyl (C=O) groups excluding carboxylic acids is 2. The van der Waals surface area contributed by atoms with E-state index in [-0.39, 0.29) is 12.5 Å². The van der Waals surface area contributed by atoms with Crippen molar-refractivity contribution in [1.82, 2.24) is 19.0 Å². The molecule has 0 aromatic carbocycles. The molecule has 3 heterocycles. The van der Waals surface area contributed by atoms with Crippen LogP contribution in [0.25, 0.3) is 0 Å². The van der Waals surface area contributed by atoms with Crippen molar-refractivity contribution in [2.45, 2.75) is 19.9 Å². The highest BCUT2D eigenvalue weighted by Crippen LogP contribution is 2.15. The van der Waals surface area contributed by atoms with Crippen LogP contribution in [-0.2, 0) is 23.1 Å². The molecule has 0 unspecified atom stereocenters. The standard InChI is InChI=1S/C20H25N5O5/c1-3-30-19(28)15-5-6-16(21-13-15)23-8-4-9-24(12-11-23)18(27)14-25-10-7-17(26)22(2)20(25)29/h5-7,10,13H,3-4,8-9,11-12,14H2,1-2H3. The Bertz CT molecular complexity index is 1030. The molecule has 0 atom stereocenters.